The SMILES string of the molecule is N#Cc1nccnc1Oc1ccccc1N. The number of aromatic nitrogens is 2. The topological polar surface area (TPSA) is 84.8 Å². The molecule has 0 aliphatic rings. The second-order valence-corrected chi connectivity index (χ2v) is 2.96. The number of anilines is 1. The van der Waals surface area contributed by atoms with Crippen molar-refractivity contribution in [3.05, 3.63) is 42.4 Å². The summed E-state index contributed by atoms with van der Waals surface area (Å²) in [4.78, 5) is 7.76. The van der Waals surface area contributed by atoms with Crippen LogP contribution in [0, 0.1) is 11.3 Å². The van der Waals surface area contributed by atoms with Crippen LogP contribution in [0.4, 0.5) is 5.69 Å². The largest absolute Gasteiger partial charge is 0.434 e. The summed E-state index contributed by atoms with van der Waals surface area (Å²) in [7, 11) is 0. The zero-order chi connectivity index (χ0) is 11.4. The second-order valence-electron chi connectivity index (χ2n) is 2.96. The lowest BCUT2D eigenvalue weighted by Crippen LogP contribution is -1.96. The minimum absolute atomic E-state index is 0.130. The highest BCUT2D eigenvalue weighted by Gasteiger charge is 2.08. The lowest BCUT2D eigenvalue weighted by atomic mass is 10.3. The molecule has 0 spiro atoms. The first-order valence-corrected chi connectivity index (χ1v) is 4.54. The Balaban J connectivity index is 2.35. The van der Waals surface area contributed by atoms with Crippen molar-refractivity contribution in [1.29, 1.82) is 5.26 Å². The van der Waals surface area contributed by atoms with E-state index in [1.165, 1.54) is 12.4 Å². The van der Waals surface area contributed by atoms with Crippen LogP contribution in [0.1, 0.15) is 5.69 Å². The molecule has 78 valence electrons. The number of nitrogens with two attached hydrogens (primary N) is 1. The molecule has 1 aromatic carbocycles. The Kier molecular flexibility index (Phi) is 2.65. The van der Waals surface area contributed by atoms with Gasteiger partial charge in [0.1, 0.15) is 6.07 Å². The molecule has 0 radical (unpaired) electrons. The molecular weight excluding hydrogens is 204 g/mol. The lowest BCUT2D eigenvalue weighted by molar-refractivity contribution is 0.460. The Morgan fingerprint density at radius 3 is 2.69 bits per heavy atom. The normalized spacial score (nSPS) is 9.44. The van der Waals surface area contributed by atoms with Crippen molar-refractivity contribution >= 4 is 5.69 Å². The molecule has 2 N–H and O–H groups in total. The summed E-state index contributed by atoms with van der Waals surface area (Å²) in [6.07, 6.45) is 2.88. The molecule has 5 nitrogen and oxygen atoms in total. The number of nitrogen functional groups attached to an aromatic ring is 1. The van der Waals surface area contributed by atoms with Gasteiger partial charge >= 0.3 is 0 Å². The Bertz CT molecular complexity index is 548. The van der Waals surface area contributed by atoms with Crippen LogP contribution in [0.2, 0.25) is 0 Å². The van der Waals surface area contributed by atoms with Crippen LogP contribution >= 0.6 is 0 Å². The Hall–Kier alpha value is -2.61. The molecule has 0 fully saturated rings. The molecule has 0 saturated heterocycles. The van der Waals surface area contributed by atoms with Gasteiger partial charge in [-0.2, -0.15) is 5.26 Å². The minimum Gasteiger partial charge on any atom is -0.434 e. The average Bonchev–Trinajstić information content (AvgIpc) is 2.33. The molecule has 0 amide bonds. The summed E-state index contributed by atoms with van der Waals surface area (Å²) in [5.74, 6) is 0.613. The van der Waals surface area contributed by atoms with Crippen LogP contribution in [0.15, 0.2) is 36.7 Å². The summed E-state index contributed by atoms with van der Waals surface area (Å²) in [6, 6.07) is 8.88. The van der Waals surface area contributed by atoms with E-state index in [0.717, 1.165) is 0 Å². The molecule has 0 aliphatic heterocycles. The van der Waals surface area contributed by atoms with E-state index in [-0.39, 0.29) is 11.6 Å². The lowest BCUT2D eigenvalue weighted by Gasteiger charge is -2.06. The van der Waals surface area contributed by atoms with Crippen molar-refractivity contribution in [2.24, 2.45) is 0 Å². The fraction of sp³-hybridized carbons (Fsp3) is 0. The molecule has 2 aromatic rings. The molecule has 0 unspecified atom stereocenters. The van der Waals surface area contributed by atoms with Crippen molar-refractivity contribution in [2.45, 2.75) is 0 Å². The van der Waals surface area contributed by atoms with Gasteiger partial charge in [0.05, 0.1) is 5.69 Å². The van der Waals surface area contributed by atoms with Crippen molar-refractivity contribution < 1.29 is 4.74 Å². The van der Waals surface area contributed by atoms with Crippen molar-refractivity contribution in [3.63, 3.8) is 0 Å². The van der Waals surface area contributed by atoms with Gasteiger partial charge < -0.3 is 10.5 Å². The predicted molar refractivity (Wildman–Crippen MR) is 57.7 cm³/mol. The Labute approximate surface area is 92.1 Å². The van der Waals surface area contributed by atoms with E-state index in [2.05, 4.69) is 9.97 Å². The maximum Gasteiger partial charge on any atom is 0.256 e. The van der Waals surface area contributed by atoms with Crippen molar-refractivity contribution in [1.82, 2.24) is 9.97 Å². The number of rotatable bonds is 2. The van der Waals surface area contributed by atoms with Gasteiger partial charge in [0.15, 0.2) is 5.75 Å². The van der Waals surface area contributed by atoms with Gasteiger partial charge in [-0.1, -0.05) is 12.1 Å². The Morgan fingerprint density at radius 1 is 1.19 bits per heavy atom. The van der Waals surface area contributed by atoms with Crippen LogP contribution in [0.3, 0.4) is 0 Å². The number of nitriles is 1. The maximum absolute atomic E-state index is 8.80. The number of hydrogen-bond acceptors (Lipinski definition) is 5. The van der Waals surface area contributed by atoms with Gasteiger partial charge in [-0.15, -0.1) is 0 Å². The third kappa shape index (κ3) is 1.91. The predicted octanol–water partition coefficient (Wildman–Crippen LogP) is 1.72. The van der Waals surface area contributed by atoms with E-state index in [4.69, 9.17) is 15.7 Å². The maximum atomic E-state index is 8.80. The van der Waals surface area contributed by atoms with E-state index in [1.54, 1.807) is 24.3 Å². The number of ether oxygens (including phenoxy) is 1. The van der Waals surface area contributed by atoms with Crippen molar-refractivity contribution in [3.8, 4) is 17.7 Å². The first-order valence-electron chi connectivity index (χ1n) is 4.54. The summed E-state index contributed by atoms with van der Waals surface area (Å²) < 4.78 is 5.41. The van der Waals surface area contributed by atoms with Crippen LogP contribution in [0.25, 0.3) is 0 Å². The van der Waals surface area contributed by atoms with Gasteiger partial charge in [-0.25, -0.2) is 9.97 Å². The molecule has 0 saturated carbocycles. The molecule has 5 heteroatoms. The monoisotopic (exact) mass is 212 g/mol. The number of nitrogens with zero attached hydrogens (tertiary/aromatic N) is 3. The van der Waals surface area contributed by atoms with Crippen LogP contribution in [-0.4, -0.2) is 9.97 Å². The van der Waals surface area contributed by atoms with E-state index in [9.17, 15) is 0 Å². The first-order chi connectivity index (χ1) is 7.81. The summed E-state index contributed by atoms with van der Waals surface area (Å²) in [6.45, 7) is 0. The van der Waals surface area contributed by atoms with Crippen LogP contribution in [0.5, 0.6) is 11.6 Å². The molecule has 0 bridgehead atoms. The Morgan fingerprint density at radius 2 is 1.94 bits per heavy atom. The van der Waals surface area contributed by atoms with Crippen molar-refractivity contribution in [2.75, 3.05) is 5.73 Å². The number of para-hydroxylation sites is 2. The highest BCUT2D eigenvalue weighted by Crippen LogP contribution is 2.26. The van der Waals surface area contributed by atoms with E-state index < -0.39 is 0 Å². The number of hydrogen-bond donors (Lipinski definition) is 1. The highest BCUT2D eigenvalue weighted by molar-refractivity contribution is 5.53. The third-order valence-corrected chi connectivity index (χ3v) is 1.90. The van der Waals surface area contributed by atoms with Crippen LogP contribution in [-0.2, 0) is 0 Å². The summed E-state index contributed by atoms with van der Waals surface area (Å²) in [5.41, 5.74) is 6.32. The van der Waals surface area contributed by atoms with Gasteiger partial charge in [0.25, 0.3) is 5.88 Å². The van der Waals surface area contributed by atoms with E-state index >= 15 is 0 Å². The summed E-state index contributed by atoms with van der Waals surface area (Å²) in [5, 5.41) is 8.80. The fourth-order valence-corrected chi connectivity index (χ4v) is 1.15. The highest BCUT2D eigenvalue weighted by atomic mass is 16.5. The molecule has 2 rings (SSSR count). The zero-order valence-corrected chi connectivity index (χ0v) is 8.29. The smallest absolute Gasteiger partial charge is 0.256 e. The average molecular weight is 212 g/mol. The van der Waals surface area contributed by atoms with Crippen LogP contribution < -0.4 is 10.5 Å². The molecule has 0 atom stereocenters. The van der Waals surface area contributed by atoms with E-state index in [0.29, 0.717) is 11.4 Å². The second kappa shape index (κ2) is 4.28. The van der Waals surface area contributed by atoms with Gasteiger partial charge in [-0.05, 0) is 12.1 Å². The molecular formula is C11H8N4O. The van der Waals surface area contributed by atoms with Gasteiger partial charge in [0, 0.05) is 12.4 Å². The molecule has 16 heavy (non-hydrogen) atoms. The van der Waals surface area contributed by atoms with Gasteiger partial charge in [-0.3, -0.25) is 0 Å². The third-order valence-electron chi connectivity index (χ3n) is 1.90. The molecule has 0 aliphatic carbocycles. The molecule has 1 heterocycles. The van der Waals surface area contributed by atoms with Gasteiger partial charge in [0.2, 0.25) is 5.69 Å². The summed E-state index contributed by atoms with van der Waals surface area (Å²) >= 11 is 0. The zero-order valence-electron chi connectivity index (χ0n) is 8.29. The fourth-order valence-electron chi connectivity index (χ4n) is 1.15. The number of benzene rings is 1. The minimum atomic E-state index is 0.130. The first kappa shape index (κ1) is 9.93. The quantitative estimate of drug-likeness (QED) is 0.766. The van der Waals surface area contributed by atoms with E-state index in [1.807, 2.05) is 6.07 Å². The standard InChI is InChI=1S/C11H8N4O/c12-7-9-11(15-6-5-14-9)16-10-4-2-1-3-8(10)13/h1-6H,13H2. The molecule has 1 aromatic heterocycles.